The molecule has 14 heteroatoms. The van der Waals surface area contributed by atoms with Crippen molar-refractivity contribution in [2.75, 3.05) is 43.9 Å². The summed E-state index contributed by atoms with van der Waals surface area (Å²) in [7, 11) is 1.42. The number of halogens is 4. The number of nitrogens with one attached hydrogen (secondary N) is 1. The van der Waals surface area contributed by atoms with E-state index in [1.54, 1.807) is 6.07 Å². The normalized spacial score (nSPS) is 25.6. The molecule has 4 aliphatic rings. The summed E-state index contributed by atoms with van der Waals surface area (Å²) in [6.45, 7) is 7.18. The SMILES string of the molecule is CC.COc1nc(N2C3CNCC2CC(O)C3)c2cc(Cl)c(-c3ccc(F)c4sc(N)nc34)c(F)c2n1.FC1CC2CCCN2C1. The molecule has 4 fully saturated rings. The van der Waals surface area contributed by atoms with Gasteiger partial charge in [0, 0.05) is 54.3 Å². The van der Waals surface area contributed by atoms with Gasteiger partial charge in [-0.15, -0.1) is 0 Å². The topological polar surface area (TPSA) is 113 Å². The zero-order chi connectivity index (χ0) is 32.7. The second-order valence-corrected chi connectivity index (χ2v) is 13.4. The van der Waals surface area contributed by atoms with E-state index < -0.39 is 23.9 Å². The Morgan fingerprint density at radius 3 is 2.50 bits per heavy atom. The van der Waals surface area contributed by atoms with Gasteiger partial charge in [0.2, 0.25) is 0 Å². The number of aromatic nitrogens is 3. The Bertz CT molecular complexity index is 1700. The van der Waals surface area contributed by atoms with Crippen LogP contribution in [0.3, 0.4) is 0 Å². The van der Waals surface area contributed by atoms with Crippen molar-refractivity contribution >= 4 is 55.0 Å². The molecule has 4 saturated heterocycles. The van der Waals surface area contributed by atoms with Gasteiger partial charge in [-0.2, -0.15) is 9.97 Å². The summed E-state index contributed by atoms with van der Waals surface area (Å²) >= 11 is 7.66. The van der Waals surface area contributed by atoms with Gasteiger partial charge in [-0.1, -0.05) is 36.8 Å². The van der Waals surface area contributed by atoms with Gasteiger partial charge < -0.3 is 25.8 Å². The Hall–Kier alpha value is -2.97. The minimum Gasteiger partial charge on any atom is -0.467 e. The van der Waals surface area contributed by atoms with Gasteiger partial charge in [-0.3, -0.25) is 4.90 Å². The maximum atomic E-state index is 16.2. The van der Waals surface area contributed by atoms with Crippen molar-refractivity contribution in [2.24, 2.45) is 0 Å². The number of nitrogens with two attached hydrogens (primary N) is 1. The number of fused-ring (bicyclic) bond motifs is 5. The van der Waals surface area contributed by atoms with E-state index in [0.29, 0.717) is 55.3 Å². The fourth-order valence-corrected chi connectivity index (χ4v) is 8.35. The number of ether oxygens (including phenoxy) is 1. The zero-order valence-corrected chi connectivity index (χ0v) is 27.6. The van der Waals surface area contributed by atoms with Gasteiger partial charge in [-0.05, 0) is 56.8 Å². The fourth-order valence-electron chi connectivity index (χ4n) is 7.29. The maximum absolute atomic E-state index is 16.2. The third-order valence-electron chi connectivity index (χ3n) is 9.15. The number of thiazole rings is 1. The molecule has 0 saturated carbocycles. The lowest BCUT2D eigenvalue weighted by Gasteiger charge is -2.48. The van der Waals surface area contributed by atoms with Gasteiger partial charge in [0.15, 0.2) is 10.9 Å². The van der Waals surface area contributed by atoms with Gasteiger partial charge in [0.1, 0.15) is 23.3 Å². The number of nitrogen functional groups attached to an aromatic ring is 1. The lowest BCUT2D eigenvalue weighted by atomic mass is 9.89. The van der Waals surface area contributed by atoms with Crippen molar-refractivity contribution in [3.8, 4) is 17.1 Å². The summed E-state index contributed by atoms with van der Waals surface area (Å²) in [6, 6.07) is 4.87. The quantitative estimate of drug-likeness (QED) is 0.242. The van der Waals surface area contributed by atoms with Crippen LogP contribution in [0.15, 0.2) is 18.2 Å². The van der Waals surface area contributed by atoms with E-state index in [9.17, 15) is 13.9 Å². The summed E-state index contributed by atoms with van der Waals surface area (Å²) in [4.78, 5) is 17.5. The molecule has 2 bridgehead atoms. The van der Waals surface area contributed by atoms with Crippen molar-refractivity contribution < 1.29 is 23.0 Å². The maximum Gasteiger partial charge on any atom is 0.318 e. The predicted molar refractivity (Wildman–Crippen MR) is 178 cm³/mol. The molecular formula is C32H39ClF3N7O2S. The molecule has 2 aromatic heterocycles. The fraction of sp³-hybridized carbons (Fsp3) is 0.531. The van der Waals surface area contributed by atoms with Crippen LogP contribution in [0.1, 0.15) is 46.0 Å². The molecular weight excluding hydrogens is 639 g/mol. The molecule has 8 rings (SSSR count). The highest BCUT2D eigenvalue weighted by Crippen LogP contribution is 2.44. The first-order chi connectivity index (χ1) is 22.2. The molecule has 0 radical (unpaired) electrons. The average Bonchev–Trinajstić information content (AvgIpc) is 3.74. The van der Waals surface area contributed by atoms with Crippen molar-refractivity contribution in [3.63, 3.8) is 0 Å². The number of anilines is 2. The van der Waals surface area contributed by atoms with Crippen molar-refractivity contribution in [2.45, 2.75) is 76.4 Å². The number of piperidine rings is 1. The summed E-state index contributed by atoms with van der Waals surface area (Å²) in [5.74, 6) is -0.673. The number of rotatable bonds is 3. The summed E-state index contributed by atoms with van der Waals surface area (Å²) < 4.78 is 48.7. The summed E-state index contributed by atoms with van der Waals surface area (Å²) in [5, 5.41) is 14.4. The van der Waals surface area contributed by atoms with E-state index in [2.05, 4.69) is 30.1 Å². The molecule has 46 heavy (non-hydrogen) atoms. The summed E-state index contributed by atoms with van der Waals surface area (Å²) in [6.07, 6.45) is 3.53. The third kappa shape index (κ3) is 6.08. The van der Waals surface area contributed by atoms with Crippen LogP contribution in [0.2, 0.25) is 5.02 Å². The minimum absolute atomic E-state index is 0.0129. The largest absolute Gasteiger partial charge is 0.467 e. The second kappa shape index (κ2) is 13.6. The van der Waals surface area contributed by atoms with E-state index in [0.717, 1.165) is 24.3 Å². The van der Waals surface area contributed by atoms with Gasteiger partial charge in [-0.25, -0.2) is 18.2 Å². The van der Waals surface area contributed by atoms with Crippen LogP contribution in [0, 0.1) is 11.6 Å². The van der Waals surface area contributed by atoms with E-state index >= 15 is 4.39 Å². The minimum atomic E-state index is -0.686. The van der Waals surface area contributed by atoms with Gasteiger partial charge >= 0.3 is 6.01 Å². The molecule has 2 aromatic carbocycles. The van der Waals surface area contributed by atoms with Crippen molar-refractivity contribution in [1.29, 1.82) is 0 Å². The van der Waals surface area contributed by atoms with Crippen LogP contribution >= 0.6 is 22.9 Å². The van der Waals surface area contributed by atoms with Crippen LogP contribution in [0.25, 0.3) is 32.2 Å². The molecule has 4 aromatic rings. The van der Waals surface area contributed by atoms with Crippen LogP contribution in [-0.4, -0.2) is 88.6 Å². The molecule has 0 amide bonds. The first kappa shape index (κ1) is 33.0. The van der Waals surface area contributed by atoms with Crippen LogP contribution in [0.5, 0.6) is 6.01 Å². The highest BCUT2D eigenvalue weighted by molar-refractivity contribution is 7.22. The third-order valence-corrected chi connectivity index (χ3v) is 10.3. The van der Waals surface area contributed by atoms with Gasteiger partial charge in [0.05, 0.1) is 28.5 Å². The zero-order valence-electron chi connectivity index (χ0n) is 26.1. The van der Waals surface area contributed by atoms with E-state index in [1.165, 1.54) is 32.1 Å². The number of aliphatic hydroxyl groups excluding tert-OH is 1. The lowest BCUT2D eigenvalue weighted by Crippen LogP contribution is -2.62. The summed E-state index contributed by atoms with van der Waals surface area (Å²) in [5.41, 5.74) is 6.46. The van der Waals surface area contributed by atoms with Gasteiger partial charge in [0.25, 0.3) is 0 Å². The Morgan fingerprint density at radius 2 is 1.80 bits per heavy atom. The number of alkyl halides is 1. The molecule has 6 heterocycles. The molecule has 248 valence electrons. The predicted octanol–water partition coefficient (Wildman–Crippen LogP) is 5.95. The Balaban J connectivity index is 0.000000286. The second-order valence-electron chi connectivity index (χ2n) is 11.9. The Labute approximate surface area is 274 Å². The Morgan fingerprint density at radius 1 is 1.07 bits per heavy atom. The average molecular weight is 678 g/mol. The molecule has 0 aliphatic carbocycles. The van der Waals surface area contributed by atoms with Crippen molar-refractivity contribution in [1.82, 2.24) is 25.2 Å². The number of hydrogen-bond acceptors (Lipinski definition) is 10. The molecule has 9 nitrogen and oxygen atoms in total. The Kier molecular flexibility index (Phi) is 9.77. The number of piperazine rings is 1. The number of benzene rings is 2. The number of nitrogens with zero attached hydrogens (tertiary/aromatic N) is 5. The molecule has 4 N–H and O–H groups in total. The molecule has 4 unspecified atom stereocenters. The highest BCUT2D eigenvalue weighted by Gasteiger charge is 2.40. The first-order valence-electron chi connectivity index (χ1n) is 15.9. The standard InChI is InChI=1S/C23H21ClF2N6O2S.C7H12FN.C2H6/c1-34-23-30-18-13(21(31-23)32-9-4-11(33)5-10(32)8-28-7-9)6-14(24)16(17(18)26)12-2-3-15(25)20-19(12)29-22(27)35-20;8-6-4-7-2-1-3-9(7)5-6;1-2/h2-3,6,9-11,28,33H,4-5,7-8H2,1H3,(H2,27,29);6-7H,1-5H2;1-2H3. The first-order valence-corrected chi connectivity index (χ1v) is 17.0. The van der Waals surface area contributed by atoms with E-state index in [-0.39, 0.29) is 49.5 Å². The molecule has 0 spiro atoms. The number of aliphatic hydroxyl groups is 1. The molecule has 4 atom stereocenters. The van der Waals surface area contributed by atoms with E-state index in [1.807, 2.05) is 13.8 Å². The number of hydrogen-bond donors (Lipinski definition) is 3. The number of methoxy groups -OCH3 is 1. The van der Waals surface area contributed by atoms with Crippen LogP contribution in [-0.2, 0) is 0 Å². The monoisotopic (exact) mass is 677 g/mol. The van der Waals surface area contributed by atoms with Crippen LogP contribution < -0.4 is 20.7 Å². The highest BCUT2D eigenvalue weighted by atomic mass is 35.5. The van der Waals surface area contributed by atoms with Crippen LogP contribution in [0.4, 0.5) is 24.1 Å². The molecule has 4 aliphatic heterocycles. The smallest absolute Gasteiger partial charge is 0.318 e. The van der Waals surface area contributed by atoms with E-state index in [4.69, 9.17) is 22.1 Å². The lowest BCUT2D eigenvalue weighted by molar-refractivity contribution is 0.0976. The van der Waals surface area contributed by atoms with Crippen molar-refractivity contribution in [3.05, 3.63) is 34.9 Å².